The van der Waals surface area contributed by atoms with Crippen LogP contribution in [0.15, 0.2) is 28.7 Å². The van der Waals surface area contributed by atoms with Crippen molar-refractivity contribution in [3.05, 3.63) is 40.9 Å². The van der Waals surface area contributed by atoms with Gasteiger partial charge in [-0.25, -0.2) is 0 Å². The zero-order valence-corrected chi connectivity index (χ0v) is 13.6. The second kappa shape index (κ2) is 6.90. The molecule has 2 heterocycles. The van der Waals surface area contributed by atoms with E-state index >= 15 is 0 Å². The van der Waals surface area contributed by atoms with Crippen LogP contribution in [-0.4, -0.2) is 38.2 Å². The van der Waals surface area contributed by atoms with Crippen LogP contribution >= 0.6 is 11.6 Å². The van der Waals surface area contributed by atoms with Crippen LogP contribution in [-0.2, 0) is 6.61 Å². The Kier molecular flexibility index (Phi) is 4.70. The molecule has 1 aromatic heterocycles. The standard InChI is InChI=1S/C16H17ClN4O2/c1-20-5-7-21(8-6-20)16-14(10-18)19-15(23-16)11-22-13-4-2-3-12(17)9-13/h2-4,9H,5-8,11H2,1H3/p+1. The molecule has 7 heteroatoms. The predicted molar refractivity (Wildman–Crippen MR) is 85.8 cm³/mol. The van der Waals surface area contributed by atoms with Crippen LogP contribution in [0.1, 0.15) is 11.6 Å². The van der Waals surface area contributed by atoms with Crippen LogP contribution in [0, 0.1) is 11.3 Å². The molecule has 0 spiro atoms. The zero-order valence-electron chi connectivity index (χ0n) is 12.9. The van der Waals surface area contributed by atoms with Gasteiger partial charge >= 0.3 is 0 Å². The molecular weight excluding hydrogens is 316 g/mol. The second-order valence-electron chi connectivity index (χ2n) is 5.56. The smallest absolute Gasteiger partial charge is 0.236 e. The molecule has 1 N–H and O–H groups in total. The van der Waals surface area contributed by atoms with Crippen LogP contribution < -0.4 is 14.5 Å². The van der Waals surface area contributed by atoms with Gasteiger partial charge in [0.2, 0.25) is 17.5 Å². The van der Waals surface area contributed by atoms with Crippen molar-refractivity contribution in [2.24, 2.45) is 0 Å². The maximum Gasteiger partial charge on any atom is 0.236 e. The van der Waals surface area contributed by atoms with Crippen LogP contribution in [0.3, 0.4) is 0 Å². The Labute approximate surface area is 139 Å². The molecule has 3 rings (SSSR count). The SMILES string of the molecule is C[NH+]1CCN(c2oc(COc3cccc(Cl)c3)nc2C#N)CC1. The van der Waals surface area contributed by atoms with Gasteiger partial charge in [0.25, 0.3) is 0 Å². The van der Waals surface area contributed by atoms with E-state index in [0.29, 0.717) is 28.2 Å². The fourth-order valence-electron chi connectivity index (χ4n) is 2.50. The first-order valence-corrected chi connectivity index (χ1v) is 7.88. The topological polar surface area (TPSA) is 66.7 Å². The molecule has 23 heavy (non-hydrogen) atoms. The minimum absolute atomic E-state index is 0.161. The first-order chi connectivity index (χ1) is 11.2. The third-order valence-electron chi connectivity index (χ3n) is 3.82. The fourth-order valence-corrected chi connectivity index (χ4v) is 2.68. The molecule has 1 aliphatic rings. The molecule has 0 saturated carbocycles. The van der Waals surface area contributed by atoms with Gasteiger partial charge in [-0.15, -0.1) is 0 Å². The lowest BCUT2D eigenvalue weighted by Gasteiger charge is -2.29. The lowest BCUT2D eigenvalue weighted by molar-refractivity contribution is -0.880. The van der Waals surface area contributed by atoms with Crippen molar-refractivity contribution < 1.29 is 14.1 Å². The van der Waals surface area contributed by atoms with Gasteiger partial charge in [0.15, 0.2) is 6.61 Å². The molecule has 0 amide bonds. The normalized spacial score (nSPS) is 15.4. The summed E-state index contributed by atoms with van der Waals surface area (Å²) in [6.07, 6.45) is 0. The number of nitriles is 1. The largest absolute Gasteiger partial charge is 0.484 e. The van der Waals surface area contributed by atoms with E-state index in [9.17, 15) is 5.26 Å². The summed E-state index contributed by atoms with van der Waals surface area (Å²) in [5.41, 5.74) is 0.314. The molecule has 1 aliphatic heterocycles. The van der Waals surface area contributed by atoms with Crippen molar-refractivity contribution in [1.29, 1.82) is 5.26 Å². The summed E-state index contributed by atoms with van der Waals surface area (Å²) >= 11 is 5.92. The number of likely N-dealkylation sites (N-methyl/N-ethyl adjacent to an activating group) is 1. The molecule has 0 atom stereocenters. The fraction of sp³-hybridized carbons (Fsp3) is 0.375. The molecule has 0 radical (unpaired) electrons. The Bertz CT molecular complexity index is 717. The van der Waals surface area contributed by atoms with Crippen LogP contribution in [0.5, 0.6) is 5.75 Å². The van der Waals surface area contributed by atoms with E-state index in [1.165, 1.54) is 4.90 Å². The number of halogens is 1. The van der Waals surface area contributed by atoms with Gasteiger partial charge in [-0.2, -0.15) is 10.2 Å². The van der Waals surface area contributed by atoms with E-state index < -0.39 is 0 Å². The number of aromatic nitrogens is 1. The maximum atomic E-state index is 9.27. The Balaban J connectivity index is 1.70. The van der Waals surface area contributed by atoms with Crippen molar-refractivity contribution in [3.63, 3.8) is 0 Å². The number of hydrogen-bond donors (Lipinski definition) is 1. The molecule has 1 aromatic carbocycles. The first kappa shape index (κ1) is 15.7. The highest BCUT2D eigenvalue weighted by atomic mass is 35.5. The van der Waals surface area contributed by atoms with Crippen molar-refractivity contribution in [3.8, 4) is 11.8 Å². The number of nitrogens with one attached hydrogen (secondary N) is 1. The quantitative estimate of drug-likeness (QED) is 0.908. The summed E-state index contributed by atoms with van der Waals surface area (Å²) in [5.74, 6) is 1.58. The Morgan fingerprint density at radius 2 is 2.22 bits per heavy atom. The monoisotopic (exact) mass is 333 g/mol. The van der Waals surface area contributed by atoms with Crippen molar-refractivity contribution in [2.75, 3.05) is 38.1 Å². The number of ether oxygens (including phenoxy) is 1. The van der Waals surface area contributed by atoms with Crippen molar-refractivity contribution >= 4 is 17.5 Å². The van der Waals surface area contributed by atoms with Gasteiger partial charge in [-0.05, 0) is 18.2 Å². The Hall–Kier alpha value is -2.23. The number of quaternary nitrogens is 1. The second-order valence-corrected chi connectivity index (χ2v) is 6.00. The summed E-state index contributed by atoms with van der Waals surface area (Å²) in [6.45, 7) is 3.89. The highest BCUT2D eigenvalue weighted by Crippen LogP contribution is 2.23. The zero-order chi connectivity index (χ0) is 16.2. The van der Waals surface area contributed by atoms with Gasteiger partial charge in [0.1, 0.15) is 11.8 Å². The van der Waals surface area contributed by atoms with Crippen LogP contribution in [0.25, 0.3) is 0 Å². The van der Waals surface area contributed by atoms with Crippen LogP contribution in [0.2, 0.25) is 5.02 Å². The average Bonchev–Trinajstić information content (AvgIpc) is 2.97. The molecule has 6 nitrogen and oxygen atoms in total. The highest BCUT2D eigenvalue weighted by molar-refractivity contribution is 6.30. The molecule has 0 aliphatic carbocycles. The number of hydrogen-bond acceptors (Lipinski definition) is 5. The molecule has 2 aromatic rings. The summed E-state index contributed by atoms with van der Waals surface area (Å²) in [4.78, 5) is 7.77. The molecule has 0 unspecified atom stereocenters. The highest BCUT2D eigenvalue weighted by Gasteiger charge is 2.24. The predicted octanol–water partition coefficient (Wildman–Crippen LogP) is 1.11. The molecule has 1 fully saturated rings. The number of benzene rings is 1. The van der Waals surface area contributed by atoms with Gasteiger partial charge in [-0.1, -0.05) is 17.7 Å². The van der Waals surface area contributed by atoms with E-state index in [1.807, 2.05) is 12.1 Å². The van der Waals surface area contributed by atoms with E-state index in [1.54, 1.807) is 12.1 Å². The number of anilines is 1. The minimum Gasteiger partial charge on any atom is -0.484 e. The number of nitrogens with zero attached hydrogens (tertiary/aromatic N) is 3. The van der Waals surface area contributed by atoms with E-state index in [0.717, 1.165) is 26.2 Å². The first-order valence-electron chi connectivity index (χ1n) is 7.50. The minimum atomic E-state index is 0.161. The molecular formula is C16H18ClN4O2+. The Morgan fingerprint density at radius 3 is 2.91 bits per heavy atom. The summed E-state index contributed by atoms with van der Waals surface area (Å²) in [5, 5.41) is 9.88. The van der Waals surface area contributed by atoms with Crippen molar-refractivity contribution in [2.45, 2.75) is 6.61 Å². The molecule has 0 bridgehead atoms. The number of oxazole rings is 1. The summed E-state index contributed by atoms with van der Waals surface area (Å²) in [6, 6.07) is 9.22. The number of piperazine rings is 1. The van der Waals surface area contributed by atoms with Gasteiger partial charge in [-0.3, -0.25) is 0 Å². The van der Waals surface area contributed by atoms with Gasteiger partial charge in [0.05, 0.1) is 33.2 Å². The van der Waals surface area contributed by atoms with Crippen LogP contribution in [0.4, 0.5) is 5.88 Å². The van der Waals surface area contributed by atoms with Gasteiger partial charge < -0.3 is 19.0 Å². The van der Waals surface area contributed by atoms with Gasteiger partial charge in [0, 0.05) is 5.02 Å². The van der Waals surface area contributed by atoms with E-state index in [2.05, 4.69) is 23.0 Å². The van der Waals surface area contributed by atoms with E-state index in [-0.39, 0.29) is 6.61 Å². The third kappa shape index (κ3) is 3.76. The number of rotatable bonds is 4. The lowest BCUT2D eigenvalue weighted by Crippen LogP contribution is -3.12. The summed E-state index contributed by atoms with van der Waals surface area (Å²) < 4.78 is 11.4. The molecule has 1 saturated heterocycles. The average molecular weight is 334 g/mol. The third-order valence-corrected chi connectivity index (χ3v) is 4.06. The lowest BCUT2D eigenvalue weighted by atomic mass is 10.3. The van der Waals surface area contributed by atoms with Crippen molar-refractivity contribution in [1.82, 2.24) is 4.98 Å². The maximum absolute atomic E-state index is 9.27. The Morgan fingerprint density at radius 1 is 1.43 bits per heavy atom. The summed E-state index contributed by atoms with van der Waals surface area (Å²) in [7, 11) is 2.16. The molecule has 120 valence electrons. The van der Waals surface area contributed by atoms with E-state index in [4.69, 9.17) is 20.8 Å².